The van der Waals surface area contributed by atoms with Crippen LogP contribution in [0.5, 0.6) is 5.75 Å². The number of carbonyl (C=O) groups excluding carboxylic acids is 2. The van der Waals surface area contributed by atoms with E-state index in [0.717, 1.165) is 56.5 Å². The minimum absolute atomic E-state index is 0.0460. The van der Waals surface area contributed by atoms with Crippen LogP contribution in [0.1, 0.15) is 58.0 Å². The van der Waals surface area contributed by atoms with Gasteiger partial charge in [0.1, 0.15) is 11.4 Å². The zero-order valence-electron chi connectivity index (χ0n) is 16.5. The summed E-state index contributed by atoms with van der Waals surface area (Å²) < 4.78 is 7.28. The topological polar surface area (TPSA) is 76.5 Å². The Hall–Kier alpha value is -2.83. The smallest absolute Gasteiger partial charge is 0.291 e. The Kier molecular flexibility index (Phi) is 5.07. The number of anilines is 1. The molecule has 1 aromatic heterocycles. The van der Waals surface area contributed by atoms with Crippen molar-refractivity contribution >= 4 is 17.5 Å². The zero-order chi connectivity index (χ0) is 19.7. The monoisotopic (exact) mass is 382 g/mol. The third-order valence-electron chi connectivity index (χ3n) is 5.52. The number of carbonyl (C=O) groups is 2. The van der Waals surface area contributed by atoms with Crippen molar-refractivity contribution in [3.63, 3.8) is 0 Å². The average molecular weight is 382 g/mol. The molecule has 0 aliphatic carbocycles. The van der Waals surface area contributed by atoms with E-state index in [1.807, 2.05) is 34.6 Å². The number of amides is 2. The van der Waals surface area contributed by atoms with Gasteiger partial charge >= 0.3 is 0 Å². The highest BCUT2D eigenvalue weighted by Gasteiger charge is 2.31. The molecule has 0 saturated carbocycles. The van der Waals surface area contributed by atoms with Crippen LogP contribution in [0.3, 0.4) is 0 Å². The fourth-order valence-electron chi connectivity index (χ4n) is 4.06. The Labute approximate surface area is 164 Å². The fourth-order valence-corrected chi connectivity index (χ4v) is 4.06. The summed E-state index contributed by atoms with van der Waals surface area (Å²) in [7, 11) is 1.57. The molecule has 1 saturated heterocycles. The summed E-state index contributed by atoms with van der Waals surface area (Å²) in [5.74, 6) is 0.543. The first-order chi connectivity index (χ1) is 13.6. The quantitative estimate of drug-likeness (QED) is 0.882. The molecule has 2 aliphatic heterocycles. The summed E-state index contributed by atoms with van der Waals surface area (Å²) in [6.07, 6.45) is 4.83. The number of nitrogens with zero attached hydrogens (tertiary/aromatic N) is 3. The molecule has 7 heteroatoms. The Morgan fingerprint density at radius 3 is 2.61 bits per heavy atom. The number of likely N-dealkylation sites (tertiary alicyclic amines) is 1. The average Bonchev–Trinajstić information content (AvgIpc) is 3.36. The summed E-state index contributed by atoms with van der Waals surface area (Å²) in [4.78, 5) is 32.4. The molecule has 1 fully saturated rings. The molecule has 4 rings (SSSR count). The second-order valence-electron chi connectivity index (χ2n) is 7.50. The van der Waals surface area contributed by atoms with Crippen molar-refractivity contribution in [2.75, 3.05) is 25.5 Å². The number of ether oxygens (including phenoxy) is 1. The predicted octanol–water partition coefficient (Wildman–Crippen LogP) is 3.02. The van der Waals surface area contributed by atoms with Gasteiger partial charge in [-0.2, -0.15) is 0 Å². The number of hydrogen-bond acceptors (Lipinski definition) is 4. The first kappa shape index (κ1) is 18.5. The van der Waals surface area contributed by atoms with Crippen LogP contribution in [0.2, 0.25) is 0 Å². The zero-order valence-corrected chi connectivity index (χ0v) is 16.5. The van der Waals surface area contributed by atoms with Crippen LogP contribution in [-0.4, -0.2) is 46.5 Å². The van der Waals surface area contributed by atoms with Crippen LogP contribution in [0.25, 0.3) is 0 Å². The molecule has 0 unspecified atom stereocenters. The standard InChI is InChI=1S/C21H26N4O3/c1-14-8-9-17(28-2)15(13-14)22-20(26)19-23-18(16-7-3-4-12-25(16)19)21(27)24-10-5-6-11-24/h8-9,13H,3-7,10-12H2,1-2H3,(H,22,26). The molecule has 1 aromatic carbocycles. The van der Waals surface area contributed by atoms with Gasteiger partial charge in [-0.3, -0.25) is 9.59 Å². The molecule has 1 N–H and O–H groups in total. The normalized spacial score (nSPS) is 16.0. The first-order valence-corrected chi connectivity index (χ1v) is 9.93. The van der Waals surface area contributed by atoms with Gasteiger partial charge in [-0.25, -0.2) is 4.98 Å². The lowest BCUT2D eigenvalue weighted by Gasteiger charge is -2.19. The maximum Gasteiger partial charge on any atom is 0.291 e. The fraction of sp³-hybridized carbons (Fsp3) is 0.476. The molecule has 2 aromatic rings. The number of aryl methyl sites for hydroxylation is 1. The van der Waals surface area contributed by atoms with E-state index in [-0.39, 0.29) is 11.8 Å². The highest BCUT2D eigenvalue weighted by molar-refractivity contribution is 6.04. The Morgan fingerprint density at radius 2 is 1.86 bits per heavy atom. The molecule has 2 amide bonds. The third kappa shape index (κ3) is 3.37. The molecular weight excluding hydrogens is 356 g/mol. The van der Waals surface area contributed by atoms with Gasteiger partial charge in [0.2, 0.25) is 0 Å². The van der Waals surface area contributed by atoms with E-state index in [9.17, 15) is 9.59 Å². The highest BCUT2D eigenvalue weighted by Crippen LogP contribution is 2.27. The molecule has 0 spiro atoms. The van der Waals surface area contributed by atoms with Crippen LogP contribution in [0, 0.1) is 6.92 Å². The first-order valence-electron chi connectivity index (χ1n) is 9.93. The molecule has 0 bridgehead atoms. The summed E-state index contributed by atoms with van der Waals surface area (Å²) in [5.41, 5.74) is 2.96. The van der Waals surface area contributed by atoms with Crippen molar-refractivity contribution in [3.8, 4) is 5.75 Å². The van der Waals surface area contributed by atoms with Crippen LogP contribution in [0.4, 0.5) is 5.69 Å². The van der Waals surface area contributed by atoms with Gasteiger partial charge in [-0.15, -0.1) is 0 Å². The van der Waals surface area contributed by atoms with Crippen molar-refractivity contribution in [2.24, 2.45) is 0 Å². The summed E-state index contributed by atoms with van der Waals surface area (Å²) in [6, 6.07) is 5.63. The van der Waals surface area contributed by atoms with Gasteiger partial charge in [-0.1, -0.05) is 6.07 Å². The lowest BCUT2D eigenvalue weighted by molar-refractivity contribution is 0.0786. The predicted molar refractivity (Wildman–Crippen MR) is 106 cm³/mol. The van der Waals surface area contributed by atoms with Gasteiger partial charge in [0.15, 0.2) is 5.82 Å². The maximum atomic E-state index is 13.0. The summed E-state index contributed by atoms with van der Waals surface area (Å²) in [6.45, 7) is 4.21. The maximum absolute atomic E-state index is 13.0. The number of hydrogen-bond donors (Lipinski definition) is 1. The molecule has 0 atom stereocenters. The SMILES string of the molecule is COc1ccc(C)cc1NC(=O)c1nc(C(=O)N2CCCC2)c2n1CCCC2. The number of fused-ring (bicyclic) bond motifs is 1. The number of aromatic nitrogens is 2. The molecule has 148 valence electrons. The second kappa shape index (κ2) is 7.66. The van der Waals surface area contributed by atoms with Crippen molar-refractivity contribution in [2.45, 2.75) is 45.6 Å². The van der Waals surface area contributed by atoms with E-state index >= 15 is 0 Å². The van der Waals surface area contributed by atoms with Crippen molar-refractivity contribution < 1.29 is 14.3 Å². The minimum Gasteiger partial charge on any atom is -0.495 e. The van der Waals surface area contributed by atoms with E-state index in [1.165, 1.54) is 0 Å². The van der Waals surface area contributed by atoms with Gasteiger partial charge in [0, 0.05) is 19.6 Å². The number of nitrogens with one attached hydrogen (secondary N) is 1. The van der Waals surface area contributed by atoms with Gasteiger partial charge in [0.05, 0.1) is 18.5 Å². The van der Waals surface area contributed by atoms with Crippen molar-refractivity contribution in [3.05, 3.63) is 41.0 Å². The Bertz CT molecular complexity index is 913. The molecule has 7 nitrogen and oxygen atoms in total. The molecule has 2 aliphatic rings. The van der Waals surface area contributed by atoms with E-state index < -0.39 is 0 Å². The number of rotatable bonds is 4. The van der Waals surface area contributed by atoms with Crippen LogP contribution >= 0.6 is 0 Å². The molecule has 28 heavy (non-hydrogen) atoms. The van der Waals surface area contributed by atoms with E-state index in [1.54, 1.807) is 7.11 Å². The number of benzene rings is 1. The lowest BCUT2D eigenvalue weighted by Crippen LogP contribution is -2.29. The second-order valence-corrected chi connectivity index (χ2v) is 7.50. The van der Waals surface area contributed by atoms with Crippen LogP contribution < -0.4 is 10.1 Å². The van der Waals surface area contributed by atoms with Crippen molar-refractivity contribution in [1.29, 1.82) is 0 Å². The largest absolute Gasteiger partial charge is 0.495 e. The Morgan fingerprint density at radius 1 is 1.11 bits per heavy atom. The van der Waals surface area contributed by atoms with Crippen LogP contribution in [0.15, 0.2) is 18.2 Å². The summed E-state index contributed by atoms with van der Waals surface area (Å²) >= 11 is 0. The molecular formula is C21H26N4O3. The van der Waals surface area contributed by atoms with E-state index in [2.05, 4.69) is 10.3 Å². The van der Waals surface area contributed by atoms with E-state index in [0.29, 0.717) is 29.5 Å². The molecule has 3 heterocycles. The van der Waals surface area contributed by atoms with Gasteiger partial charge in [0.25, 0.3) is 11.8 Å². The third-order valence-corrected chi connectivity index (χ3v) is 5.52. The van der Waals surface area contributed by atoms with Crippen molar-refractivity contribution in [1.82, 2.24) is 14.5 Å². The summed E-state index contributed by atoms with van der Waals surface area (Å²) in [5, 5.41) is 2.92. The van der Waals surface area contributed by atoms with Crippen LogP contribution in [-0.2, 0) is 13.0 Å². The van der Waals surface area contributed by atoms with E-state index in [4.69, 9.17) is 4.74 Å². The van der Waals surface area contributed by atoms with Gasteiger partial charge in [-0.05, 0) is 56.7 Å². The molecule has 0 radical (unpaired) electrons. The highest BCUT2D eigenvalue weighted by atomic mass is 16.5. The lowest BCUT2D eigenvalue weighted by atomic mass is 10.1. The number of methoxy groups -OCH3 is 1. The Balaban J connectivity index is 1.67. The van der Waals surface area contributed by atoms with Gasteiger partial charge < -0.3 is 19.5 Å². The number of imidazole rings is 1. The minimum atomic E-state index is -0.312.